The number of nitrogens with zero attached hydrogens (tertiary/aromatic N) is 1. The van der Waals surface area contributed by atoms with Crippen LogP contribution in [0.3, 0.4) is 0 Å². The van der Waals surface area contributed by atoms with Gasteiger partial charge < -0.3 is 10.6 Å². The Balaban J connectivity index is 2.27. The first-order chi connectivity index (χ1) is 6.22. The Morgan fingerprint density at radius 1 is 1.31 bits per heavy atom. The summed E-state index contributed by atoms with van der Waals surface area (Å²) in [6.07, 6.45) is 3.99. The summed E-state index contributed by atoms with van der Waals surface area (Å²) in [7, 11) is 0. The van der Waals surface area contributed by atoms with E-state index in [1.807, 2.05) is 0 Å². The van der Waals surface area contributed by atoms with E-state index in [1.165, 1.54) is 38.9 Å². The van der Waals surface area contributed by atoms with Gasteiger partial charge in [-0.2, -0.15) is 0 Å². The molecule has 0 aromatic rings. The predicted octanol–water partition coefficient (Wildman–Crippen LogP) is 1.70. The highest BCUT2D eigenvalue weighted by Gasteiger charge is 2.15. The van der Waals surface area contributed by atoms with E-state index >= 15 is 0 Å². The minimum atomic E-state index is 0.789. The molecule has 1 fully saturated rings. The first-order valence-corrected chi connectivity index (χ1v) is 5.64. The van der Waals surface area contributed by atoms with Crippen molar-refractivity contribution in [2.75, 3.05) is 26.2 Å². The number of likely N-dealkylation sites (tertiary alicyclic amines) is 1. The molecule has 0 spiro atoms. The summed E-state index contributed by atoms with van der Waals surface area (Å²) in [4.78, 5) is 2.60. The maximum absolute atomic E-state index is 5.70. The zero-order chi connectivity index (χ0) is 9.68. The Morgan fingerprint density at radius 3 is 2.69 bits per heavy atom. The Hall–Kier alpha value is -0.0800. The van der Waals surface area contributed by atoms with Crippen molar-refractivity contribution in [2.45, 2.75) is 33.1 Å². The van der Waals surface area contributed by atoms with Crippen LogP contribution < -0.4 is 5.73 Å². The zero-order valence-electron chi connectivity index (χ0n) is 9.13. The first-order valence-electron chi connectivity index (χ1n) is 5.64. The molecule has 2 heteroatoms. The highest BCUT2D eigenvalue weighted by Crippen LogP contribution is 2.16. The maximum Gasteiger partial charge on any atom is 0.000438 e. The molecule has 0 aromatic carbocycles. The van der Waals surface area contributed by atoms with Gasteiger partial charge in [-0.05, 0) is 50.7 Å². The molecule has 78 valence electrons. The van der Waals surface area contributed by atoms with E-state index in [0.29, 0.717) is 0 Å². The summed E-state index contributed by atoms with van der Waals surface area (Å²) in [5.41, 5.74) is 5.70. The molecule has 1 heterocycles. The zero-order valence-corrected chi connectivity index (χ0v) is 9.13. The van der Waals surface area contributed by atoms with E-state index in [2.05, 4.69) is 18.7 Å². The molecule has 2 N–H and O–H groups in total. The lowest BCUT2D eigenvalue weighted by atomic mass is 10.0. The quantitative estimate of drug-likeness (QED) is 0.723. The third-order valence-corrected chi connectivity index (χ3v) is 2.90. The molecule has 0 bridgehead atoms. The van der Waals surface area contributed by atoms with Gasteiger partial charge in [-0.1, -0.05) is 13.8 Å². The summed E-state index contributed by atoms with van der Waals surface area (Å²) in [5.74, 6) is 1.59. The average Bonchev–Trinajstić information content (AvgIpc) is 2.29. The number of rotatable bonds is 3. The highest BCUT2D eigenvalue weighted by atomic mass is 15.1. The lowest BCUT2D eigenvalue weighted by Gasteiger charge is -2.21. The van der Waals surface area contributed by atoms with Gasteiger partial charge in [0, 0.05) is 6.54 Å². The normalized spacial score (nSPS) is 26.3. The lowest BCUT2D eigenvalue weighted by Crippen LogP contribution is -2.29. The molecule has 0 saturated carbocycles. The minimum Gasteiger partial charge on any atom is -0.330 e. The molecule has 13 heavy (non-hydrogen) atoms. The summed E-state index contributed by atoms with van der Waals surface area (Å²) < 4.78 is 0. The monoisotopic (exact) mass is 184 g/mol. The second-order valence-electron chi connectivity index (χ2n) is 4.73. The fraction of sp³-hybridized carbons (Fsp3) is 1.00. The van der Waals surface area contributed by atoms with Gasteiger partial charge in [0.15, 0.2) is 0 Å². The fourth-order valence-electron chi connectivity index (χ4n) is 2.16. The molecule has 0 amide bonds. The van der Waals surface area contributed by atoms with Crippen LogP contribution in [0.5, 0.6) is 0 Å². The van der Waals surface area contributed by atoms with Gasteiger partial charge in [-0.3, -0.25) is 0 Å². The van der Waals surface area contributed by atoms with Crippen LogP contribution in [0.25, 0.3) is 0 Å². The van der Waals surface area contributed by atoms with E-state index in [0.717, 1.165) is 18.4 Å². The van der Waals surface area contributed by atoms with Gasteiger partial charge in [0.25, 0.3) is 0 Å². The molecular weight excluding hydrogens is 160 g/mol. The van der Waals surface area contributed by atoms with Gasteiger partial charge >= 0.3 is 0 Å². The van der Waals surface area contributed by atoms with Crippen molar-refractivity contribution < 1.29 is 0 Å². The van der Waals surface area contributed by atoms with E-state index in [4.69, 9.17) is 5.73 Å². The van der Waals surface area contributed by atoms with Crippen molar-refractivity contribution >= 4 is 0 Å². The van der Waals surface area contributed by atoms with Crippen LogP contribution in [0.2, 0.25) is 0 Å². The van der Waals surface area contributed by atoms with E-state index in [9.17, 15) is 0 Å². The molecule has 0 radical (unpaired) electrons. The van der Waals surface area contributed by atoms with Gasteiger partial charge in [-0.25, -0.2) is 0 Å². The Labute approximate surface area is 82.5 Å². The number of hydrogen-bond acceptors (Lipinski definition) is 2. The van der Waals surface area contributed by atoms with Gasteiger partial charge in [0.05, 0.1) is 0 Å². The Morgan fingerprint density at radius 2 is 2.08 bits per heavy atom. The first kappa shape index (κ1) is 11.0. The van der Waals surface area contributed by atoms with E-state index in [1.54, 1.807) is 0 Å². The van der Waals surface area contributed by atoms with Crippen LogP contribution >= 0.6 is 0 Å². The molecule has 2 nitrogen and oxygen atoms in total. The van der Waals surface area contributed by atoms with Crippen LogP contribution in [0.1, 0.15) is 33.1 Å². The summed E-state index contributed by atoms with van der Waals surface area (Å²) in [6, 6.07) is 0. The van der Waals surface area contributed by atoms with Crippen LogP contribution in [-0.2, 0) is 0 Å². The smallest absolute Gasteiger partial charge is 0.000438 e. The van der Waals surface area contributed by atoms with Crippen LogP contribution in [0.15, 0.2) is 0 Å². The third-order valence-electron chi connectivity index (χ3n) is 2.90. The SMILES string of the molecule is CC(C)CN1CCCC(CN)CC1. The lowest BCUT2D eigenvalue weighted by molar-refractivity contribution is 0.250. The highest BCUT2D eigenvalue weighted by molar-refractivity contribution is 4.71. The van der Waals surface area contributed by atoms with Gasteiger partial charge in [0.2, 0.25) is 0 Å². The summed E-state index contributed by atoms with van der Waals surface area (Å²) in [6.45, 7) is 9.29. The second-order valence-corrected chi connectivity index (χ2v) is 4.73. The largest absolute Gasteiger partial charge is 0.330 e. The van der Waals surface area contributed by atoms with Crippen molar-refractivity contribution in [1.82, 2.24) is 4.90 Å². The summed E-state index contributed by atoms with van der Waals surface area (Å²) in [5, 5.41) is 0. The maximum atomic E-state index is 5.70. The second kappa shape index (κ2) is 5.61. The van der Waals surface area contributed by atoms with Gasteiger partial charge in [0.1, 0.15) is 0 Å². The predicted molar refractivity (Wildman–Crippen MR) is 57.7 cm³/mol. The molecular formula is C11H24N2. The Kier molecular flexibility index (Phi) is 4.74. The van der Waals surface area contributed by atoms with Crippen LogP contribution in [0, 0.1) is 11.8 Å². The molecule has 1 atom stereocenters. The molecule has 1 unspecified atom stereocenters. The average molecular weight is 184 g/mol. The van der Waals surface area contributed by atoms with Crippen LogP contribution in [-0.4, -0.2) is 31.1 Å². The van der Waals surface area contributed by atoms with Crippen molar-refractivity contribution in [1.29, 1.82) is 0 Å². The van der Waals surface area contributed by atoms with E-state index in [-0.39, 0.29) is 0 Å². The molecule has 0 aromatic heterocycles. The van der Waals surface area contributed by atoms with Crippen molar-refractivity contribution in [3.05, 3.63) is 0 Å². The number of nitrogens with two attached hydrogens (primary N) is 1. The third kappa shape index (κ3) is 4.10. The van der Waals surface area contributed by atoms with Crippen molar-refractivity contribution in [3.8, 4) is 0 Å². The topological polar surface area (TPSA) is 29.3 Å². The minimum absolute atomic E-state index is 0.789. The number of hydrogen-bond donors (Lipinski definition) is 1. The molecule has 0 aliphatic carbocycles. The standard InChI is InChI=1S/C11H24N2/c1-10(2)9-13-6-3-4-11(8-12)5-7-13/h10-11H,3-9,12H2,1-2H3. The van der Waals surface area contributed by atoms with Gasteiger partial charge in [-0.15, -0.1) is 0 Å². The molecule has 1 saturated heterocycles. The molecule has 1 rings (SSSR count). The fourth-order valence-corrected chi connectivity index (χ4v) is 2.16. The van der Waals surface area contributed by atoms with Crippen LogP contribution in [0.4, 0.5) is 0 Å². The van der Waals surface area contributed by atoms with Crippen molar-refractivity contribution in [2.24, 2.45) is 17.6 Å². The molecule has 1 aliphatic rings. The Bertz CT molecular complexity index is 134. The van der Waals surface area contributed by atoms with Crippen molar-refractivity contribution in [3.63, 3.8) is 0 Å². The van der Waals surface area contributed by atoms with E-state index < -0.39 is 0 Å². The summed E-state index contributed by atoms with van der Waals surface area (Å²) >= 11 is 0. The molecule has 1 aliphatic heterocycles.